The third-order valence-electron chi connectivity index (χ3n) is 13.6. The Morgan fingerprint density at radius 2 is 0.981 bits per heavy atom. The topological polar surface area (TPSA) is 51.6 Å². The summed E-state index contributed by atoms with van der Waals surface area (Å²) < 4.78 is 0. The minimum Gasteiger partial charge on any atom is -0.264 e. The van der Waals surface area contributed by atoms with Crippen LogP contribution in [-0.2, 0) is 5.41 Å². The summed E-state index contributed by atoms with van der Waals surface area (Å²) in [7, 11) is 0. The third-order valence-corrected chi connectivity index (χ3v) is 13.6. The predicted molar refractivity (Wildman–Crippen MR) is 218 cm³/mol. The molecule has 4 saturated carbocycles. The highest BCUT2D eigenvalue weighted by atomic mass is 15.0. The average molecular weight is 695 g/mol. The van der Waals surface area contributed by atoms with Gasteiger partial charge in [-0.25, -0.2) is 15.0 Å². The molecule has 4 bridgehead atoms. The molecule has 5 aliphatic rings. The molecule has 2 aromatic heterocycles. The van der Waals surface area contributed by atoms with Crippen molar-refractivity contribution in [3.63, 3.8) is 0 Å². The molecule has 5 aliphatic carbocycles. The van der Waals surface area contributed by atoms with E-state index in [-0.39, 0.29) is 5.41 Å². The van der Waals surface area contributed by atoms with Gasteiger partial charge in [0.15, 0.2) is 17.5 Å². The summed E-state index contributed by atoms with van der Waals surface area (Å²) in [6.45, 7) is 0. The Morgan fingerprint density at radius 3 is 1.65 bits per heavy atom. The van der Waals surface area contributed by atoms with Crippen LogP contribution in [0.1, 0.15) is 43.2 Å². The summed E-state index contributed by atoms with van der Waals surface area (Å²) in [6.07, 6.45) is 10.6. The van der Waals surface area contributed by atoms with E-state index in [9.17, 15) is 0 Å². The van der Waals surface area contributed by atoms with Crippen LogP contribution < -0.4 is 0 Å². The van der Waals surface area contributed by atoms with Crippen LogP contribution in [-0.4, -0.2) is 19.9 Å². The zero-order valence-electron chi connectivity index (χ0n) is 30.0. The molecule has 0 atom stereocenters. The second-order valence-corrected chi connectivity index (χ2v) is 16.2. The van der Waals surface area contributed by atoms with Gasteiger partial charge >= 0.3 is 0 Å². The number of aromatic nitrogens is 4. The van der Waals surface area contributed by atoms with Crippen LogP contribution in [0, 0.1) is 23.7 Å². The van der Waals surface area contributed by atoms with Crippen molar-refractivity contribution in [1.82, 2.24) is 19.9 Å². The molecule has 4 fully saturated rings. The number of hydrogen-bond acceptors (Lipinski definition) is 4. The zero-order chi connectivity index (χ0) is 35.4. The number of fused-ring (bicyclic) bond motifs is 5. The first-order chi connectivity index (χ1) is 26.7. The van der Waals surface area contributed by atoms with Gasteiger partial charge in [0, 0.05) is 34.5 Å². The Balaban J connectivity index is 1.11. The molecule has 4 nitrogen and oxygen atoms in total. The predicted octanol–water partition coefficient (Wildman–Crippen LogP) is 12.0. The summed E-state index contributed by atoms with van der Waals surface area (Å²) in [5.74, 6) is 5.19. The van der Waals surface area contributed by atoms with Crippen LogP contribution >= 0.6 is 0 Å². The third kappa shape index (κ3) is 4.25. The molecule has 1 spiro atoms. The summed E-state index contributed by atoms with van der Waals surface area (Å²) in [4.78, 5) is 19.8. The number of hydrogen-bond donors (Lipinski definition) is 0. The second-order valence-electron chi connectivity index (χ2n) is 16.2. The fraction of sp³-hybridized carbons (Fsp3) is 0.200. The fourth-order valence-electron chi connectivity index (χ4n) is 11.8. The van der Waals surface area contributed by atoms with E-state index in [0.717, 1.165) is 51.1 Å². The lowest BCUT2D eigenvalue weighted by Crippen LogP contribution is -2.55. The van der Waals surface area contributed by atoms with E-state index in [0.29, 0.717) is 17.5 Å². The van der Waals surface area contributed by atoms with Gasteiger partial charge in [-0.1, -0.05) is 115 Å². The number of pyridine rings is 1. The van der Waals surface area contributed by atoms with Crippen LogP contribution in [0.5, 0.6) is 0 Å². The van der Waals surface area contributed by atoms with Gasteiger partial charge in [0.05, 0.1) is 0 Å². The molecule has 6 aromatic carbocycles. The molecule has 0 N–H and O–H groups in total. The summed E-state index contributed by atoms with van der Waals surface area (Å²) in [5.41, 5.74) is 11.6. The quantitative estimate of drug-likeness (QED) is 0.172. The van der Waals surface area contributed by atoms with Crippen LogP contribution in [0.2, 0.25) is 0 Å². The van der Waals surface area contributed by atoms with Crippen LogP contribution in [0.3, 0.4) is 0 Å². The normalized spacial score (nSPS) is 23.3. The van der Waals surface area contributed by atoms with Crippen molar-refractivity contribution in [2.75, 3.05) is 0 Å². The first-order valence-corrected chi connectivity index (χ1v) is 19.6. The van der Waals surface area contributed by atoms with Crippen molar-refractivity contribution >= 4 is 21.5 Å². The van der Waals surface area contributed by atoms with E-state index >= 15 is 0 Å². The molecular weight excluding hydrogens is 657 g/mol. The van der Waals surface area contributed by atoms with Crippen molar-refractivity contribution in [2.45, 2.75) is 37.5 Å². The maximum atomic E-state index is 5.23. The van der Waals surface area contributed by atoms with Gasteiger partial charge in [-0.3, -0.25) is 4.98 Å². The van der Waals surface area contributed by atoms with E-state index in [1.165, 1.54) is 65.1 Å². The van der Waals surface area contributed by atoms with Gasteiger partial charge in [-0.15, -0.1) is 0 Å². The smallest absolute Gasteiger partial charge is 0.165 e. The lowest BCUT2D eigenvalue weighted by molar-refractivity contribution is -0.0399. The number of benzene rings is 6. The molecular formula is C50H38N4. The summed E-state index contributed by atoms with van der Waals surface area (Å²) >= 11 is 0. The van der Waals surface area contributed by atoms with Crippen molar-refractivity contribution in [2.24, 2.45) is 23.7 Å². The van der Waals surface area contributed by atoms with Gasteiger partial charge in [-0.05, 0) is 129 Å². The zero-order valence-corrected chi connectivity index (χ0v) is 30.0. The highest BCUT2D eigenvalue weighted by Gasteiger charge is 2.61. The maximum absolute atomic E-state index is 5.23. The Bertz CT molecular complexity index is 2650. The Labute approximate surface area is 315 Å². The van der Waals surface area contributed by atoms with Gasteiger partial charge < -0.3 is 0 Å². The van der Waals surface area contributed by atoms with Gasteiger partial charge in [0.1, 0.15) is 0 Å². The van der Waals surface area contributed by atoms with E-state index in [4.69, 9.17) is 15.0 Å². The molecule has 8 aromatic rings. The number of nitrogens with zero attached hydrogens (tertiary/aromatic N) is 4. The van der Waals surface area contributed by atoms with Crippen molar-refractivity contribution < 1.29 is 0 Å². The lowest BCUT2D eigenvalue weighted by atomic mass is 9.43. The number of rotatable bonds is 4. The van der Waals surface area contributed by atoms with Crippen molar-refractivity contribution in [3.05, 3.63) is 157 Å². The SMILES string of the molecule is c1ccc(-c2nc(-c3cccnc3)nc(-c3c4ccccc4c(-c4ccc5c(c4)C4(c6ccccc6-5)C5CC6CC(C5)CC4C6)c4ccccc34)n2)cc1. The first kappa shape index (κ1) is 30.5. The molecule has 2 heterocycles. The molecule has 0 radical (unpaired) electrons. The molecule has 13 rings (SSSR count). The molecule has 0 amide bonds. The van der Waals surface area contributed by atoms with E-state index in [1.807, 2.05) is 36.5 Å². The van der Waals surface area contributed by atoms with Crippen molar-refractivity contribution in [3.8, 4) is 56.4 Å². The molecule has 258 valence electrons. The highest BCUT2D eigenvalue weighted by molar-refractivity contribution is 6.21. The lowest BCUT2D eigenvalue weighted by Gasteiger charge is -2.61. The molecule has 0 unspecified atom stereocenters. The second kappa shape index (κ2) is 11.5. The minimum atomic E-state index is 0.113. The largest absolute Gasteiger partial charge is 0.264 e. The van der Waals surface area contributed by atoms with Gasteiger partial charge in [0.2, 0.25) is 0 Å². The van der Waals surface area contributed by atoms with Crippen LogP contribution in [0.4, 0.5) is 0 Å². The standard InChI is InChI=1S/C50H38N4/c1-2-11-32(12-3-1)47-52-48(34-13-10-22-51-29-34)54-49(53-47)46-41-17-6-4-15-39(41)45(40-16-5-7-18-42(40)46)33-20-21-38-37-14-8-9-19-43(37)50(44(38)28-33)35-24-30-23-31(26-35)27-36(50)25-30/h1-22,28-31,35-36H,23-27H2. The van der Waals surface area contributed by atoms with E-state index < -0.39 is 0 Å². The van der Waals surface area contributed by atoms with E-state index in [2.05, 4.69) is 108 Å². The monoisotopic (exact) mass is 694 g/mol. The van der Waals surface area contributed by atoms with Crippen molar-refractivity contribution in [1.29, 1.82) is 0 Å². The van der Waals surface area contributed by atoms with E-state index in [1.54, 1.807) is 17.3 Å². The highest BCUT2D eigenvalue weighted by Crippen LogP contribution is 2.69. The molecule has 0 saturated heterocycles. The maximum Gasteiger partial charge on any atom is 0.165 e. The Hall–Kier alpha value is -6.00. The molecule has 0 aliphatic heterocycles. The first-order valence-electron chi connectivity index (χ1n) is 19.6. The minimum absolute atomic E-state index is 0.113. The summed E-state index contributed by atoms with van der Waals surface area (Å²) in [5, 5.41) is 4.71. The van der Waals surface area contributed by atoms with Crippen LogP contribution in [0.25, 0.3) is 78.0 Å². The Kier molecular flexibility index (Phi) is 6.49. The van der Waals surface area contributed by atoms with Gasteiger partial charge in [-0.2, -0.15) is 0 Å². The average Bonchev–Trinajstić information content (AvgIpc) is 3.52. The van der Waals surface area contributed by atoms with Crippen LogP contribution in [0.15, 0.2) is 146 Å². The fourth-order valence-corrected chi connectivity index (χ4v) is 11.8. The van der Waals surface area contributed by atoms with Gasteiger partial charge in [0.25, 0.3) is 0 Å². The Morgan fingerprint density at radius 1 is 0.426 bits per heavy atom. The summed E-state index contributed by atoms with van der Waals surface area (Å²) in [6, 6.07) is 48.8. The molecule has 4 heteroatoms. The molecule has 54 heavy (non-hydrogen) atoms.